The first kappa shape index (κ1) is 15.6. The minimum Gasteiger partial charge on any atom is -0.367 e. The Morgan fingerprint density at radius 3 is 2.57 bits per heavy atom. The van der Waals surface area contributed by atoms with E-state index < -0.39 is 0 Å². The molecule has 5 heteroatoms. The molecule has 1 fully saturated rings. The van der Waals surface area contributed by atoms with Crippen LogP contribution in [0.25, 0.3) is 0 Å². The van der Waals surface area contributed by atoms with E-state index in [1.54, 1.807) is 6.20 Å². The number of aromatic nitrogens is 1. The molecule has 1 amide bonds. The van der Waals surface area contributed by atoms with E-state index >= 15 is 0 Å². The van der Waals surface area contributed by atoms with Gasteiger partial charge in [-0.1, -0.05) is 30.3 Å². The summed E-state index contributed by atoms with van der Waals surface area (Å²) in [7, 11) is 0. The molecule has 0 bridgehead atoms. The van der Waals surface area contributed by atoms with Gasteiger partial charge in [-0.3, -0.25) is 4.79 Å². The Balaban J connectivity index is 0.00000161. The number of likely N-dealkylation sites (tertiary alicyclic amines) is 1. The number of aryl methyl sites for hydroxylation is 1. The molecule has 0 spiro atoms. The lowest BCUT2D eigenvalue weighted by molar-refractivity contribution is 0.0788. The van der Waals surface area contributed by atoms with E-state index in [0.29, 0.717) is 13.1 Å². The zero-order valence-electron chi connectivity index (χ0n) is 12.0. The van der Waals surface area contributed by atoms with Gasteiger partial charge in [0.1, 0.15) is 0 Å². The highest BCUT2D eigenvalue weighted by Gasteiger charge is 2.34. The largest absolute Gasteiger partial charge is 0.367 e. The van der Waals surface area contributed by atoms with Crippen LogP contribution in [0.3, 0.4) is 0 Å². The monoisotopic (exact) mass is 305 g/mol. The number of rotatable bonds is 2. The molecule has 1 aromatic heterocycles. The summed E-state index contributed by atoms with van der Waals surface area (Å²) in [4.78, 5) is 17.3. The van der Waals surface area contributed by atoms with E-state index in [9.17, 15) is 4.79 Å². The molecule has 3 rings (SSSR count). The molecule has 2 atom stereocenters. The van der Waals surface area contributed by atoms with E-state index in [4.69, 9.17) is 5.73 Å². The van der Waals surface area contributed by atoms with Gasteiger partial charge >= 0.3 is 0 Å². The van der Waals surface area contributed by atoms with E-state index in [2.05, 4.69) is 17.1 Å². The van der Waals surface area contributed by atoms with Crippen molar-refractivity contribution in [3.8, 4) is 0 Å². The standard InChI is InChI=1S/C16H19N3O.ClH/c1-11-7-18-8-13(11)16(20)19-9-14(15(17)10-19)12-5-3-2-4-6-12;/h2-8,14-15,18H,9-10,17H2,1H3;1H/t14-,15+;/m0./s1. The number of nitrogens with one attached hydrogen (secondary N) is 1. The third kappa shape index (κ3) is 2.96. The topological polar surface area (TPSA) is 62.1 Å². The van der Waals surface area contributed by atoms with Gasteiger partial charge in [0.15, 0.2) is 0 Å². The fraction of sp³-hybridized carbons (Fsp3) is 0.312. The molecular weight excluding hydrogens is 286 g/mol. The second-order valence-corrected chi connectivity index (χ2v) is 5.44. The number of hydrogen-bond donors (Lipinski definition) is 2. The van der Waals surface area contributed by atoms with Crippen molar-refractivity contribution in [3.63, 3.8) is 0 Å². The van der Waals surface area contributed by atoms with Crippen molar-refractivity contribution in [1.82, 2.24) is 9.88 Å². The Kier molecular flexibility index (Phi) is 4.70. The quantitative estimate of drug-likeness (QED) is 0.894. The van der Waals surface area contributed by atoms with Gasteiger partial charge < -0.3 is 15.6 Å². The molecule has 4 nitrogen and oxygen atoms in total. The fourth-order valence-corrected chi connectivity index (χ4v) is 2.89. The van der Waals surface area contributed by atoms with Crippen LogP contribution in [0.2, 0.25) is 0 Å². The van der Waals surface area contributed by atoms with E-state index in [0.717, 1.165) is 11.1 Å². The number of aromatic amines is 1. The number of hydrogen-bond acceptors (Lipinski definition) is 2. The summed E-state index contributed by atoms with van der Waals surface area (Å²) in [6.07, 6.45) is 3.61. The van der Waals surface area contributed by atoms with Crippen LogP contribution in [0.5, 0.6) is 0 Å². The molecule has 2 heterocycles. The zero-order valence-corrected chi connectivity index (χ0v) is 12.8. The van der Waals surface area contributed by atoms with Crippen LogP contribution in [0.15, 0.2) is 42.7 Å². The second-order valence-electron chi connectivity index (χ2n) is 5.44. The van der Waals surface area contributed by atoms with E-state index in [1.165, 1.54) is 5.56 Å². The van der Waals surface area contributed by atoms with Crippen molar-refractivity contribution in [2.24, 2.45) is 5.73 Å². The average Bonchev–Trinajstić information content (AvgIpc) is 3.05. The summed E-state index contributed by atoms with van der Waals surface area (Å²) in [6.45, 7) is 3.24. The number of H-pyrrole nitrogens is 1. The number of nitrogens with two attached hydrogens (primary N) is 1. The molecular formula is C16H20ClN3O. The highest BCUT2D eigenvalue weighted by molar-refractivity contribution is 5.95. The summed E-state index contributed by atoms with van der Waals surface area (Å²) in [5.74, 6) is 0.289. The normalized spacial score (nSPS) is 21.1. The smallest absolute Gasteiger partial charge is 0.255 e. The average molecular weight is 306 g/mol. The lowest BCUT2D eigenvalue weighted by atomic mass is 9.95. The summed E-state index contributed by atoms with van der Waals surface area (Å²) in [5, 5.41) is 0. The first-order valence-corrected chi connectivity index (χ1v) is 6.90. The predicted octanol–water partition coefficient (Wildman–Crippen LogP) is 2.31. The second kappa shape index (κ2) is 6.33. The van der Waals surface area contributed by atoms with Crippen LogP contribution in [-0.2, 0) is 0 Å². The highest BCUT2D eigenvalue weighted by Crippen LogP contribution is 2.27. The Labute approximate surface area is 130 Å². The lowest BCUT2D eigenvalue weighted by Crippen LogP contribution is -2.32. The molecule has 0 radical (unpaired) electrons. The maximum atomic E-state index is 12.5. The Morgan fingerprint density at radius 1 is 1.24 bits per heavy atom. The molecule has 1 aliphatic heterocycles. The van der Waals surface area contributed by atoms with Gasteiger partial charge in [0.2, 0.25) is 0 Å². The van der Waals surface area contributed by atoms with Crippen LogP contribution < -0.4 is 5.73 Å². The first-order chi connectivity index (χ1) is 9.66. The third-order valence-electron chi connectivity index (χ3n) is 4.06. The van der Waals surface area contributed by atoms with Crippen LogP contribution in [0, 0.1) is 6.92 Å². The van der Waals surface area contributed by atoms with Crippen LogP contribution in [-0.4, -0.2) is 34.9 Å². The molecule has 1 saturated heterocycles. The van der Waals surface area contributed by atoms with Crippen molar-refractivity contribution >= 4 is 18.3 Å². The highest BCUT2D eigenvalue weighted by atomic mass is 35.5. The Morgan fingerprint density at radius 2 is 1.95 bits per heavy atom. The summed E-state index contributed by atoms with van der Waals surface area (Å²) < 4.78 is 0. The fourth-order valence-electron chi connectivity index (χ4n) is 2.89. The molecule has 0 unspecified atom stereocenters. The van der Waals surface area contributed by atoms with Crippen molar-refractivity contribution in [3.05, 3.63) is 59.4 Å². The van der Waals surface area contributed by atoms with Crippen molar-refractivity contribution in [2.75, 3.05) is 13.1 Å². The lowest BCUT2D eigenvalue weighted by Gasteiger charge is -2.16. The van der Waals surface area contributed by atoms with E-state index in [1.807, 2.05) is 36.2 Å². The van der Waals surface area contributed by atoms with Gasteiger partial charge in [-0.25, -0.2) is 0 Å². The van der Waals surface area contributed by atoms with Gasteiger partial charge in [-0.15, -0.1) is 12.4 Å². The third-order valence-corrected chi connectivity index (χ3v) is 4.06. The number of halogens is 1. The first-order valence-electron chi connectivity index (χ1n) is 6.90. The Hall–Kier alpha value is -1.78. The summed E-state index contributed by atoms with van der Waals surface area (Å²) >= 11 is 0. The Bertz CT molecular complexity index is 611. The van der Waals surface area contributed by atoms with Gasteiger partial charge in [0.05, 0.1) is 5.56 Å². The van der Waals surface area contributed by atoms with Gasteiger partial charge in [-0.05, 0) is 18.1 Å². The van der Waals surface area contributed by atoms with Crippen molar-refractivity contribution in [2.45, 2.75) is 18.9 Å². The molecule has 0 saturated carbocycles. The van der Waals surface area contributed by atoms with Crippen LogP contribution in [0.1, 0.15) is 27.4 Å². The van der Waals surface area contributed by atoms with Gasteiger partial charge in [-0.2, -0.15) is 0 Å². The summed E-state index contributed by atoms with van der Waals surface area (Å²) in [6, 6.07) is 10.2. The van der Waals surface area contributed by atoms with Gasteiger partial charge in [0.25, 0.3) is 5.91 Å². The number of carbonyl (C=O) groups is 1. The molecule has 3 N–H and O–H groups in total. The molecule has 0 aliphatic carbocycles. The predicted molar refractivity (Wildman–Crippen MR) is 85.8 cm³/mol. The molecule has 112 valence electrons. The molecule has 1 aliphatic rings. The number of benzene rings is 1. The molecule has 2 aromatic rings. The van der Waals surface area contributed by atoms with Crippen molar-refractivity contribution in [1.29, 1.82) is 0 Å². The van der Waals surface area contributed by atoms with Crippen LogP contribution >= 0.6 is 12.4 Å². The van der Waals surface area contributed by atoms with Crippen LogP contribution in [0.4, 0.5) is 0 Å². The maximum absolute atomic E-state index is 12.5. The molecule has 1 aromatic carbocycles. The SMILES string of the molecule is Cc1c[nH]cc1C(=O)N1C[C@@H](N)[C@H](c2ccccc2)C1.Cl. The molecule has 21 heavy (non-hydrogen) atoms. The zero-order chi connectivity index (χ0) is 14.1. The van der Waals surface area contributed by atoms with Gasteiger partial charge in [0, 0.05) is 37.4 Å². The number of amides is 1. The number of nitrogens with zero attached hydrogens (tertiary/aromatic N) is 1. The summed E-state index contributed by atoms with van der Waals surface area (Å²) in [5.41, 5.74) is 9.16. The minimum atomic E-state index is 0. The number of carbonyl (C=O) groups excluding carboxylic acids is 1. The maximum Gasteiger partial charge on any atom is 0.255 e. The van der Waals surface area contributed by atoms with E-state index in [-0.39, 0.29) is 30.3 Å². The van der Waals surface area contributed by atoms with Crippen molar-refractivity contribution < 1.29 is 4.79 Å². The minimum absolute atomic E-state index is 0.